The second-order valence-electron chi connectivity index (χ2n) is 4.65. The Morgan fingerprint density at radius 1 is 1.75 bits per heavy atom. The number of aliphatic imine (C=N–C) groups is 1. The normalized spacial score (nSPS) is 34.2. The third kappa shape index (κ3) is 1.82. The van der Waals surface area contributed by atoms with E-state index < -0.39 is 0 Å². The van der Waals surface area contributed by atoms with Crippen LogP contribution in [0, 0.1) is 0 Å². The molecule has 4 heteroatoms. The van der Waals surface area contributed by atoms with Gasteiger partial charge < -0.3 is 15.4 Å². The Bertz CT molecular complexity index is 303. The van der Waals surface area contributed by atoms with Crippen LogP contribution >= 0.6 is 0 Å². The van der Waals surface area contributed by atoms with Gasteiger partial charge in [0.1, 0.15) is 0 Å². The molecule has 2 aliphatic rings. The summed E-state index contributed by atoms with van der Waals surface area (Å²) in [4.78, 5) is 6.60. The second-order valence-corrected chi connectivity index (χ2v) is 4.65. The number of nitrogens with two attached hydrogens (primary N) is 1. The Balaban J connectivity index is 2.14. The molecule has 0 aromatic heterocycles. The van der Waals surface area contributed by atoms with Crippen LogP contribution in [0.15, 0.2) is 17.6 Å². The molecule has 2 unspecified atom stereocenters. The Morgan fingerprint density at radius 3 is 3.25 bits per heavy atom. The summed E-state index contributed by atoms with van der Waals surface area (Å²) in [6.45, 7) is 8.37. The van der Waals surface area contributed by atoms with E-state index in [2.05, 4.69) is 23.4 Å². The third-order valence-electron chi connectivity index (χ3n) is 3.68. The van der Waals surface area contributed by atoms with Crippen molar-refractivity contribution in [1.82, 2.24) is 4.90 Å². The number of hydrogen-bond donors (Lipinski definition) is 1. The molecule has 1 fully saturated rings. The largest absolute Gasteiger partial charge is 0.378 e. The molecular formula is C12H21N3O. The molecule has 2 N–H and O–H groups in total. The summed E-state index contributed by atoms with van der Waals surface area (Å²) in [6.07, 6.45) is 5.35. The van der Waals surface area contributed by atoms with Crippen molar-refractivity contribution in [3.63, 3.8) is 0 Å². The molecule has 16 heavy (non-hydrogen) atoms. The van der Waals surface area contributed by atoms with Gasteiger partial charge in [0.15, 0.2) is 5.96 Å². The lowest BCUT2D eigenvalue weighted by atomic mass is 9.85. The van der Waals surface area contributed by atoms with Gasteiger partial charge in [-0.25, -0.2) is 0 Å². The molecular weight excluding hydrogens is 202 g/mol. The zero-order valence-corrected chi connectivity index (χ0v) is 9.98. The van der Waals surface area contributed by atoms with Crippen LogP contribution in [0.2, 0.25) is 0 Å². The minimum absolute atomic E-state index is 0.0944. The first-order valence-corrected chi connectivity index (χ1v) is 6.02. The van der Waals surface area contributed by atoms with Crippen molar-refractivity contribution in [2.24, 2.45) is 10.7 Å². The van der Waals surface area contributed by atoms with Gasteiger partial charge in [-0.1, -0.05) is 13.0 Å². The summed E-state index contributed by atoms with van der Waals surface area (Å²) in [5, 5.41) is 0. The Kier molecular flexibility index (Phi) is 3.19. The van der Waals surface area contributed by atoms with Gasteiger partial charge in [-0.15, -0.1) is 6.58 Å². The van der Waals surface area contributed by atoms with Crippen molar-refractivity contribution in [3.8, 4) is 0 Å². The topological polar surface area (TPSA) is 50.8 Å². The fourth-order valence-electron chi connectivity index (χ4n) is 2.71. The molecule has 0 aromatic carbocycles. The fourth-order valence-corrected chi connectivity index (χ4v) is 2.71. The lowest BCUT2D eigenvalue weighted by Gasteiger charge is -2.44. The van der Waals surface area contributed by atoms with Crippen LogP contribution in [0.4, 0.5) is 0 Å². The zero-order chi connectivity index (χ0) is 11.6. The number of nitrogens with zero attached hydrogens (tertiary/aromatic N) is 2. The molecule has 0 bridgehead atoms. The molecule has 2 rings (SSSR count). The smallest absolute Gasteiger partial charge is 0.192 e. The van der Waals surface area contributed by atoms with Crippen LogP contribution in [0.3, 0.4) is 0 Å². The van der Waals surface area contributed by atoms with Crippen molar-refractivity contribution in [2.75, 3.05) is 19.7 Å². The molecule has 0 amide bonds. The number of hydrogen-bond acceptors (Lipinski definition) is 4. The highest BCUT2D eigenvalue weighted by Gasteiger charge is 2.45. The van der Waals surface area contributed by atoms with E-state index >= 15 is 0 Å². The second kappa shape index (κ2) is 4.45. The average molecular weight is 223 g/mol. The number of ether oxygens (including phenoxy) is 1. The first-order valence-electron chi connectivity index (χ1n) is 6.02. The maximum absolute atomic E-state index is 5.94. The summed E-state index contributed by atoms with van der Waals surface area (Å²) in [5.74, 6) is 0.664. The van der Waals surface area contributed by atoms with Gasteiger partial charge in [0.05, 0.1) is 18.2 Å². The first kappa shape index (κ1) is 11.5. The van der Waals surface area contributed by atoms with Crippen molar-refractivity contribution >= 4 is 5.96 Å². The fraction of sp³-hybridized carbons (Fsp3) is 0.750. The van der Waals surface area contributed by atoms with Gasteiger partial charge >= 0.3 is 0 Å². The highest BCUT2D eigenvalue weighted by atomic mass is 16.5. The van der Waals surface area contributed by atoms with Crippen molar-refractivity contribution in [3.05, 3.63) is 12.7 Å². The quantitative estimate of drug-likeness (QED) is 0.730. The third-order valence-corrected chi connectivity index (χ3v) is 3.68. The summed E-state index contributed by atoms with van der Waals surface area (Å²) in [5.41, 5.74) is 6.04. The van der Waals surface area contributed by atoms with Crippen LogP contribution in [0.25, 0.3) is 0 Å². The van der Waals surface area contributed by atoms with Crippen LogP contribution in [-0.2, 0) is 4.74 Å². The van der Waals surface area contributed by atoms with Gasteiger partial charge in [-0.3, -0.25) is 4.99 Å². The Labute approximate surface area is 97.2 Å². The van der Waals surface area contributed by atoms with Crippen LogP contribution < -0.4 is 5.73 Å². The summed E-state index contributed by atoms with van der Waals surface area (Å²) < 4.78 is 5.73. The molecule has 2 heterocycles. The molecule has 0 aliphatic carbocycles. The molecule has 4 nitrogen and oxygen atoms in total. The van der Waals surface area contributed by atoms with Crippen LogP contribution in [0.1, 0.15) is 26.2 Å². The molecule has 0 saturated carbocycles. The lowest BCUT2D eigenvalue weighted by Crippen LogP contribution is -2.56. The highest BCUT2D eigenvalue weighted by Crippen LogP contribution is 2.35. The SMILES string of the molecule is C=CCN1C(N)=NCC12CCOC(CC)C2. The number of rotatable bonds is 3. The van der Waals surface area contributed by atoms with E-state index in [1.165, 1.54) is 0 Å². The van der Waals surface area contributed by atoms with Gasteiger partial charge in [0.25, 0.3) is 0 Å². The molecule has 2 aliphatic heterocycles. The van der Waals surface area contributed by atoms with E-state index in [9.17, 15) is 0 Å². The van der Waals surface area contributed by atoms with Gasteiger partial charge in [0.2, 0.25) is 0 Å². The van der Waals surface area contributed by atoms with E-state index in [0.29, 0.717) is 12.1 Å². The minimum atomic E-state index is 0.0944. The Morgan fingerprint density at radius 2 is 2.56 bits per heavy atom. The molecule has 0 radical (unpaired) electrons. The lowest BCUT2D eigenvalue weighted by molar-refractivity contribution is -0.0465. The maximum Gasteiger partial charge on any atom is 0.192 e. The monoisotopic (exact) mass is 223 g/mol. The van der Waals surface area contributed by atoms with E-state index in [-0.39, 0.29) is 5.54 Å². The van der Waals surface area contributed by atoms with E-state index in [0.717, 1.165) is 39.0 Å². The number of guanidine groups is 1. The maximum atomic E-state index is 5.94. The first-order chi connectivity index (χ1) is 7.72. The summed E-state index contributed by atoms with van der Waals surface area (Å²) >= 11 is 0. The molecule has 1 saturated heterocycles. The van der Waals surface area contributed by atoms with E-state index in [1.807, 2.05) is 6.08 Å². The standard InChI is InChI=1S/C12H21N3O/c1-3-6-15-11(13)14-9-12(15)5-7-16-10(4-2)8-12/h3,10H,1,4-9H2,2H3,(H2,13,14). The van der Waals surface area contributed by atoms with Crippen LogP contribution in [0.5, 0.6) is 0 Å². The van der Waals surface area contributed by atoms with E-state index in [1.54, 1.807) is 0 Å². The average Bonchev–Trinajstić information content (AvgIpc) is 2.59. The van der Waals surface area contributed by atoms with Crippen LogP contribution in [-0.4, -0.2) is 42.2 Å². The van der Waals surface area contributed by atoms with Gasteiger partial charge in [-0.2, -0.15) is 0 Å². The Hall–Kier alpha value is -1.03. The van der Waals surface area contributed by atoms with Crippen molar-refractivity contribution in [2.45, 2.75) is 37.8 Å². The van der Waals surface area contributed by atoms with Gasteiger partial charge in [-0.05, 0) is 19.3 Å². The predicted octanol–water partition coefficient (Wildman–Crippen LogP) is 1.13. The zero-order valence-electron chi connectivity index (χ0n) is 9.98. The highest BCUT2D eigenvalue weighted by molar-refractivity contribution is 5.81. The molecule has 2 atom stereocenters. The minimum Gasteiger partial charge on any atom is -0.378 e. The van der Waals surface area contributed by atoms with Crippen molar-refractivity contribution < 1.29 is 4.74 Å². The molecule has 0 aromatic rings. The summed E-state index contributed by atoms with van der Waals surface area (Å²) in [6, 6.07) is 0. The van der Waals surface area contributed by atoms with E-state index in [4.69, 9.17) is 10.5 Å². The summed E-state index contributed by atoms with van der Waals surface area (Å²) in [7, 11) is 0. The van der Waals surface area contributed by atoms with Gasteiger partial charge in [0, 0.05) is 13.2 Å². The predicted molar refractivity (Wildman–Crippen MR) is 65.4 cm³/mol. The molecule has 90 valence electrons. The van der Waals surface area contributed by atoms with Crippen molar-refractivity contribution in [1.29, 1.82) is 0 Å². The molecule has 1 spiro atoms.